The minimum absolute atomic E-state index is 0.0574. The highest BCUT2D eigenvalue weighted by molar-refractivity contribution is 5.81. The van der Waals surface area contributed by atoms with Gasteiger partial charge in [-0.15, -0.1) is 0 Å². The van der Waals surface area contributed by atoms with Gasteiger partial charge in [0.05, 0.1) is 7.11 Å². The summed E-state index contributed by atoms with van der Waals surface area (Å²) in [5.41, 5.74) is -0.452. The molecule has 0 aromatic heterocycles. The van der Waals surface area contributed by atoms with Crippen molar-refractivity contribution in [1.29, 1.82) is 0 Å². The maximum Gasteiger partial charge on any atom is 0.407 e. The molecular weight excluding hydrogens is 336 g/mol. The highest BCUT2D eigenvalue weighted by atomic mass is 16.6. The van der Waals surface area contributed by atoms with Crippen molar-refractivity contribution < 1.29 is 23.9 Å². The molecule has 0 spiro atoms. The first-order valence-electron chi connectivity index (χ1n) is 9.55. The molecular formula is C19H36N2O5. The van der Waals surface area contributed by atoms with Gasteiger partial charge in [-0.05, 0) is 33.6 Å². The minimum Gasteiger partial charge on any atom is -0.468 e. The normalized spacial score (nSPS) is 10.9. The van der Waals surface area contributed by atoms with Crippen molar-refractivity contribution in [2.24, 2.45) is 0 Å². The van der Waals surface area contributed by atoms with E-state index in [2.05, 4.69) is 15.4 Å². The van der Waals surface area contributed by atoms with Crippen LogP contribution in [-0.2, 0) is 19.1 Å². The molecule has 0 bridgehead atoms. The summed E-state index contributed by atoms with van der Waals surface area (Å²) in [4.78, 5) is 33.8. The van der Waals surface area contributed by atoms with E-state index in [0.29, 0.717) is 13.0 Å². The zero-order chi connectivity index (χ0) is 19.8. The summed E-state index contributed by atoms with van der Waals surface area (Å²) in [5.74, 6) is -0.535. The molecule has 0 heterocycles. The molecule has 0 atom stereocenters. The molecule has 0 unspecified atom stereocenters. The lowest BCUT2D eigenvalue weighted by molar-refractivity contribution is -0.141. The Bertz CT molecular complexity index is 419. The number of carbonyl (C=O) groups is 3. The first kappa shape index (κ1) is 24.2. The zero-order valence-electron chi connectivity index (χ0n) is 16.8. The summed E-state index contributed by atoms with van der Waals surface area (Å²) in [6, 6.07) is 0. The molecule has 0 aliphatic heterocycles. The Labute approximate surface area is 157 Å². The summed E-state index contributed by atoms with van der Waals surface area (Å²) in [6.45, 7) is 6.14. The van der Waals surface area contributed by atoms with Crippen LogP contribution in [0.1, 0.15) is 78.6 Å². The molecule has 7 nitrogen and oxygen atoms in total. The molecule has 2 amide bonds. The molecule has 0 aliphatic rings. The fourth-order valence-corrected chi connectivity index (χ4v) is 2.31. The monoisotopic (exact) mass is 372 g/mol. The number of alkyl carbamates (subject to hydrolysis) is 1. The second kappa shape index (κ2) is 14.4. The summed E-state index contributed by atoms with van der Waals surface area (Å²) in [5, 5.41) is 5.29. The number of methoxy groups -OCH3 is 1. The Morgan fingerprint density at radius 1 is 0.808 bits per heavy atom. The Morgan fingerprint density at radius 2 is 1.35 bits per heavy atom. The van der Waals surface area contributed by atoms with Crippen LogP contribution in [0.4, 0.5) is 4.79 Å². The van der Waals surface area contributed by atoms with Crippen molar-refractivity contribution in [3.8, 4) is 0 Å². The molecule has 0 aromatic carbocycles. The third-order valence-electron chi connectivity index (χ3n) is 3.66. The van der Waals surface area contributed by atoms with Gasteiger partial charge < -0.3 is 20.1 Å². The summed E-state index contributed by atoms with van der Waals surface area (Å²) in [7, 11) is 1.30. The van der Waals surface area contributed by atoms with E-state index >= 15 is 0 Å². The molecule has 2 N–H and O–H groups in total. The topological polar surface area (TPSA) is 93.7 Å². The molecule has 26 heavy (non-hydrogen) atoms. The largest absolute Gasteiger partial charge is 0.468 e. The van der Waals surface area contributed by atoms with Crippen LogP contribution in [0.15, 0.2) is 0 Å². The maximum absolute atomic E-state index is 11.5. The number of ether oxygens (including phenoxy) is 2. The Hall–Kier alpha value is -1.79. The summed E-state index contributed by atoms with van der Waals surface area (Å²) >= 11 is 0. The van der Waals surface area contributed by atoms with E-state index in [0.717, 1.165) is 44.9 Å². The van der Waals surface area contributed by atoms with Crippen LogP contribution in [0, 0.1) is 0 Å². The smallest absolute Gasteiger partial charge is 0.407 e. The molecule has 0 radical (unpaired) electrons. The predicted molar refractivity (Wildman–Crippen MR) is 101 cm³/mol. The first-order chi connectivity index (χ1) is 12.2. The van der Waals surface area contributed by atoms with Crippen molar-refractivity contribution in [2.75, 3.05) is 20.2 Å². The maximum atomic E-state index is 11.5. The molecule has 0 rings (SSSR count). The van der Waals surface area contributed by atoms with Gasteiger partial charge in [-0.3, -0.25) is 9.59 Å². The van der Waals surface area contributed by atoms with E-state index in [1.807, 2.05) is 20.8 Å². The van der Waals surface area contributed by atoms with Gasteiger partial charge in [-0.25, -0.2) is 4.79 Å². The fraction of sp³-hybridized carbons (Fsp3) is 0.842. The van der Waals surface area contributed by atoms with Gasteiger partial charge in [-0.2, -0.15) is 0 Å². The second-order valence-electron chi connectivity index (χ2n) is 7.36. The average Bonchev–Trinajstić information content (AvgIpc) is 2.55. The molecule has 0 saturated heterocycles. The summed E-state index contributed by atoms with van der Waals surface area (Å²) < 4.78 is 9.62. The SMILES string of the molecule is COC(=O)CNC(=O)CCCCCCCCCCNC(=O)OC(C)(C)C. The fourth-order valence-electron chi connectivity index (χ4n) is 2.31. The molecule has 7 heteroatoms. The van der Waals surface area contributed by atoms with Gasteiger partial charge in [0, 0.05) is 13.0 Å². The molecule has 0 fully saturated rings. The third-order valence-corrected chi connectivity index (χ3v) is 3.66. The van der Waals surface area contributed by atoms with Crippen molar-refractivity contribution in [1.82, 2.24) is 10.6 Å². The van der Waals surface area contributed by atoms with E-state index in [1.165, 1.54) is 13.5 Å². The van der Waals surface area contributed by atoms with Gasteiger partial charge in [0.15, 0.2) is 0 Å². The highest BCUT2D eigenvalue weighted by Crippen LogP contribution is 2.10. The lowest BCUT2D eigenvalue weighted by atomic mass is 10.1. The lowest BCUT2D eigenvalue weighted by Crippen LogP contribution is -2.32. The quantitative estimate of drug-likeness (QED) is 0.382. The Morgan fingerprint density at radius 3 is 1.88 bits per heavy atom. The van der Waals surface area contributed by atoms with Crippen LogP contribution in [0.25, 0.3) is 0 Å². The van der Waals surface area contributed by atoms with Crippen LogP contribution in [-0.4, -0.2) is 43.8 Å². The minimum atomic E-state index is -0.452. The number of rotatable bonds is 13. The van der Waals surface area contributed by atoms with Crippen LogP contribution in [0.5, 0.6) is 0 Å². The average molecular weight is 373 g/mol. The van der Waals surface area contributed by atoms with Crippen LogP contribution in [0.3, 0.4) is 0 Å². The first-order valence-corrected chi connectivity index (χ1v) is 9.55. The van der Waals surface area contributed by atoms with E-state index in [4.69, 9.17) is 4.74 Å². The van der Waals surface area contributed by atoms with E-state index < -0.39 is 11.6 Å². The third kappa shape index (κ3) is 17.0. The predicted octanol–water partition coefficient (Wildman–Crippen LogP) is 3.31. The number of hydrogen-bond donors (Lipinski definition) is 2. The van der Waals surface area contributed by atoms with Crippen LogP contribution >= 0.6 is 0 Å². The van der Waals surface area contributed by atoms with Gasteiger partial charge in [0.2, 0.25) is 5.91 Å². The van der Waals surface area contributed by atoms with Crippen LogP contribution < -0.4 is 10.6 Å². The van der Waals surface area contributed by atoms with Crippen molar-refractivity contribution in [2.45, 2.75) is 84.2 Å². The van der Waals surface area contributed by atoms with Crippen molar-refractivity contribution >= 4 is 18.0 Å². The highest BCUT2D eigenvalue weighted by Gasteiger charge is 2.15. The number of hydrogen-bond acceptors (Lipinski definition) is 5. The lowest BCUT2D eigenvalue weighted by Gasteiger charge is -2.19. The number of amides is 2. The standard InChI is InChI=1S/C19H36N2O5/c1-19(2,3)26-18(24)20-14-12-10-8-6-5-7-9-11-13-16(22)21-15-17(23)25-4/h5-15H2,1-4H3,(H,20,24)(H,21,22). The van der Waals surface area contributed by atoms with E-state index in [1.54, 1.807) is 0 Å². The number of carbonyl (C=O) groups excluding carboxylic acids is 3. The van der Waals surface area contributed by atoms with Crippen molar-refractivity contribution in [3.05, 3.63) is 0 Å². The second-order valence-corrected chi connectivity index (χ2v) is 7.36. The molecule has 152 valence electrons. The van der Waals surface area contributed by atoms with Gasteiger partial charge in [0.1, 0.15) is 12.1 Å². The molecule has 0 aromatic rings. The molecule has 0 saturated carbocycles. The number of unbranched alkanes of at least 4 members (excludes halogenated alkanes) is 7. The van der Waals surface area contributed by atoms with Gasteiger partial charge in [0.25, 0.3) is 0 Å². The zero-order valence-corrected chi connectivity index (χ0v) is 16.8. The van der Waals surface area contributed by atoms with E-state index in [-0.39, 0.29) is 18.5 Å². The van der Waals surface area contributed by atoms with E-state index in [9.17, 15) is 14.4 Å². The van der Waals surface area contributed by atoms with Crippen LogP contribution in [0.2, 0.25) is 0 Å². The van der Waals surface area contributed by atoms with Gasteiger partial charge >= 0.3 is 12.1 Å². The van der Waals surface area contributed by atoms with Crippen molar-refractivity contribution in [3.63, 3.8) is 0 Å². The summed E-state index contributed by atoms with van der Waals surface area (Å²) in [6.07, 6.45) is 8.59. The Balaban J connectivity index is 3.33. The van der Waals surface area contributed by atoms with Gasteiger partial charge in [-0.1, -0.05) is 38.5 Å². The number of esters is 1. The molecule has 0 aliphatic carbocycles. The Kier molecular flexibility index (Phi) is 13.4. The number of nitrogens with one attached hydrogen (secondary N) is 2.